The molecule has 0 aliphatic rings. The van der Waals surface area contributed by atoms with Gasteiger partial charge in [0.15, 0.2) is 0 Å². The maximum atomic E-state index is 11.6. The Bertz CT molecular complexity index is 332. The largest absolute Gasteiger partial charge is 0.465 e. The minimum absolute atomic E-state index is 0.0606. The van der Waals surface area contributed by atoms with E-state index in [9.17, 15) is 4.79 Å². The first kappa shape index (κ1) is 14.7. The third kappa shape index (κ3) is 6.43. The van der Waals surface area contributed by atoms with Gasteiger partial charge in [-0.25, -0.2) is 0 Å². The van der Waals surface area contributed by atoms with Gasteiger partial charge in [0.25, 0.3) is 0 Å². The van der Waals surface area contributed by atoms with E-state index in [1.807, 2.05) is 18.2 Å². The lowest BCUT2D eigenvalue weighted by molar-refractivity contribution is -0.144. The Hall–Kier alpha value is -1.31. The number of carbonyl (C=O) groups is 1. The molecule has 0 saturated carbocycles. The molecule has 1 aromatic rings. The molecule has 1 unspecified atom stereocenters. The van der Waals surface area contributed by atoms with E-state index in [0.717, 1.165) is 12.8 Å². The van der Waals surface area contributed by atoms with Crippen LogP contribution in [0.5, 0.6) is 0 Å². The van der Waals surface area contributed by atoms with Crippen LogP contribution in [0, 0.1) is 5.92 Å². The zero-order valence-corrected chi connectivity index (χ0v) is 11.5. The summed E-state index contributed by atoms with van der Waals surface area (Å²) < 4.78 is 5.26. The molecule has 2 nitrogen and oxygen atoms in total. The van der Waals surface area contributed by atoms with Gasteiger partial charge in [-0.05, 0) is 11.5 Å². The lowest BCUT2D eigenvalue weighted by Crippen LogP contribution is -2.11. The van der Waals surface area contributed by atoms with Crippen LogP contribution in [0.4, 0.5) is 0 Å². The summed E-state index contributed by atoms with van der Waals surface area (Å²) in [6, 6.07) is 10.1. The Morgan fingerprint density at radius 1 is 1.28 bits per heavy atom. The molecule has 1 aromatic carbocycles. The second-order valence-corrected chi connectivity index (χ2v) is 4.91. The molecule has 0 N–H and O–H groups in total. The molecule has 0 aromatic heterocycles. The SMILES string of the molecule is CCCCC(C)CC(=O)OCCc1ccccc1. The highest BCUT2D eigenvalue weighted by Gasteiger charge is 2.09. The summed E-state index contributed by atoms with van der Waals surface area (Å²) in [6.45, 7) is 4.78. The lowest BCUT2D eigenvalue weighted by Gasteiger charge is -2.10. The van der Waals surface area contributed by atoms with Crippen molar-refractivity contribution in [1.29, 1.82) is 0 Å². The molecule has 0 spiro atoms. The number of ether oxygens (including phenoxy) is 1. The van der Waals surface area contributed by atoms with Crippen molar-refractivity contribution in [2.45, 2.75) is 46.0 Å². The van der Waals surface area contributed by atoms with Crippen molar-refractivity contribution in [1.82, 2.24) is 0 Å². The van der Waals surface area contributed by atoms with Gasteiger partial charge in [0.2, 0.25) is 0 Å². The Morgan fingerprint density at radius 3 is 2.67 bits per heavy atom. The summed E-state index contributed by atoms with van der Waals surface area (Å²) in [6.07, 6.45) is 4.85. The fourth-order valence-electron chi connectivity index (χ4n) is 1.93. The van der Waals surface area contributed by atoms with E-state index in [1.54, 1.807) is 0 Å². The van der Waals surface area contributed by atoms with Gasteiger partial charge in [0, 0.05) is 12.8 Å². The third-order valence-corrected chi connectivity index (χ3v) is 3.06. The molecule has 0 amide bonds. The topological polar surface area (TPSA) is 26.3 Å². The van der Waals surface area contributed by atoms with Crippen LogP contribution in [-0.2, 0) is 16.0 Å². The number of benzene rings is 1. The summed E-state index contributed by atoms with van der Waals surface area (Å²) in [5.41, 5.74) is 1.21. The van der Waals surface area contributed by atoms with E-state index in [-0.39, 0.29) is 5.97 Å². The fourth-order valence-corrected chi connectivity index (χ4v) is 1.93. The molecule has 1 rings (SSSR count). The maximum Gasteiger partial charge on any atom is 0.306 e. The van der Waals surface area contributed by atoms with Gasteiger partial charge in [-0.1, -0.05) is 63.4 Å². The van der Waals surface area contributed by atoms with Crippen molar-refractivity contribution in [3.05, 3.63) is 35.9 Å². The highest BCUT2D eigenvalue weighted by atomic mass is 16.5. The molecule has 100 valence electrons. The van der Waals surface area contributed by atoms with E-state index in [4.69, 9.17) is 4.74 Å². The van der Waals surface area contributed by atoms with E-state index in [0.29, 0.717) is 18.9 Å². The molecule has 0 radical (unpaired) electrons. The second-order valence-electron chi connectivity index (χ2n) is 4.91. The van der Waals surface area contributed by atoms with Crippen molar-refractivity contribution >= 4 is 5.97 Å². The standard InChI is InChI=1S/C16H24O2/c1-3-4-8-14(2)13-16(17)18-12-11-15-9-6-5-7-10-15/h5-7,9-10,14H,3-4,8,11-13H2,1-2H3. The molecule has 0 heterocycles. The van der Waals surface area contributed by atoms with Gasteiger partial charge < -0.3 is 4.74 Å². The number of carbonyl (C=O) groups excluding carboxylic acids is 1. The summed E-state index contributed by atoms with van der Waals surface area (Å²) in [4.78, 5) is 11.6. The van der Waals surface area contributed by atoms with Crippen molar-refractivity contribution in [2.24, 2.45) is 5.92 Å². The molecule has 0 bridgehead atoms. The van der Waals surface area contributed by atoms with Gasteiger partial charge in [0.1, 0.15) is 0 Å². The van der Waals surface area contributed by atoms with Crippen LogP contribution in [0.15, 0.2) is 30.3 Å². The van der Waals surface area contributed by atoms with Crippen LogP contribution in [0.1, 0.15) is 45.1 Å². The van der Waals surface area contributed by atoms with E-state index in [2.05, 4.69) is 26.0 Å². The Balaban J connectivity index is 2.13. The van der Waals surface area contributed by atoms with Crippen molar-refractivity contribution in [2.75, 3.05) is 6.61 Å². The number of hydrogen-bond donors (Lipinski definition) is 0. The predicted octanol–water partition coefficient (Wildman–Crippen LogP) is 3.99. The first-order valence-corrected chi connectivity index (χ1v) is 6.92. The maximum absolute atomic E-state index is 11.6. The summed E-state index contributed by atoms with van der Waals surface area (Å²) in [5.74, 6) is 0.378. The molecule has 0 fully saturated rings. The smallest absolute Gasteiger partial charge is 0.306 e. The van der Waals surface area contributed by atoms with Crippen LogP contribution in [0.2, 0.25) is 0 Å². The molecule has 0 saturated heterocycles. The minimum atomic E-state index is -0.0606. The summed E-state index contributed by atoms with van der Waals surface area (Å²) in [5, 5.41) is 0. The van der Waals surface area contributed by atoms with Crippen LogP contribution in [-0.4, -0.2) is 12.6 Å². The highest BCUT2D eigenvalue weighted by molar-refractivity contribution is 5.69. The Kier molecular flexibility index (Phi) is 7.16. The Labute approximate surface area is 110 Å². The number of esters is 1. The van der Waals surface area contributed by atoms with Gasteiger partial charge >= 0.3 is 5.97 Å². The van der Waals surface area contributed by atoms with Crippen molar-refractivity contribution in [3.63, 3.8) is 0 Å². The molecule has 0 aliphatic carbocycles. The monoisotopic (exact) mass is 248 g/mol. The molecular formula is C16H24O2. The zero-order chi connectivity index (χ0) is 13.2. The zero-order valence-electron chi connectivity index (χ0n) is 11.5. The van der Waals surface area contributed by atoms with Gasteiger partial charge in [0.05, 0.1) is 6.61 Å². The first-order valence-electron chi connectivity index (χ1n) is 6.92. The van der Waals surface area contributed by atoms with E-state index >= 15 is 0 Å². The van der Waals surface area contributed by atoms with Gasteiger partial charge in [-0.3, -0.25) is 4.79 Å². The summed E-state index contributed by atoms with van der Waals surface area (Å²) in [7, 11) is 0. The van der Waals surface area contributed by atoms with Crippen LogP contribution in [0.25, 0.3) is 0 Å². The lowest BCUT2D eigenvalue weighted by atomic mass is 10.0. The Morgan fingerprint density at radius 2 is 2.00 bits per heavy atom. The predicted molar refractivity (Wildman–Crippen MR) is 74.4 cm³/mol. The quantitative estimate of drug-likeness (QED) is 0.650. The van der Waals surface area contributed by atoms with E-state index in [1.165, 1.54) is 18.4 Å². The molecular weight excluding hydrogens is 224 g/mol. The molecule has 1 atom stereocenters. The molecule has 18 heavy (non-hydrogen) atoms. The fraction of sp³-hybridized carbons (Fsp3) is 0.562. The minimum Gasteiger partial charge on any atom is -0.465 e. The second kappa shape index (κ2) is 8.73. The van der Waals surface area contributed by atoms with Crippen molar-refractivity contribution in [3.8, 4) is 0 Å². The van der Waals surface area contributed by atoms with Crippen LogP contribution < -0.4 is 0 Å². The number of rotatable bonds is 8. The van der Waals surface area contributed by atoms with E-state index < -0.39 is 0 Å². The van der Waals surface area contributed by atoms with Gasteiger partial charge in [-0.15, -0.1) is 0 Å². The van der Waals surface area contributed by atoms with Gasteiger partial charge in [-0.2, -0.15) is 0 Å². The first-order chi connectivity index (χ1) is 8.72. The normalized spacial score (nSPS) is 12.1. The third-order valence-electron chi connectivity index (χ3n) is 3.06. The number of hydrogen-bond acceptors (Lipinski definition) is 2. The average Bonchev–Trinajstić information content (AvgIpc) is 2.37. The molecule has 2 heteroatoms. The number of unbranched alkanes of at least 4 members (excludes halogenated alkanes) is 1. The summed E-state index contributed by atoms with van der Waals surface area (Å²) >= 11 is 0. The average molecular weight is 248 g/mol. The van der Waals surface area contributed by atoms with Crippen molar-refractivity contribution < 1.29 is 9.53 Å². The van der Waals surface area contributed by atoms with Crippen LogP contribution >= 0.6 is 0 Å². The highest BCUT2D eigenvalue weighted by Crippen LogP contribution is 2.12. The van der Waals surface area contributed by atoms with Crippen LogP contribution in [0.3, 0.4) is 0 Å². The molecule has 0 aliphatic heterocycles.